The number of hydrogen-bond acceptors (Lipinski definition) is 2. The predicted octanol–water partition coefficient (Wildman–Crippen LogP) is 3.65. The number of benzene rings is 1. The predicted molar refractivity (Wildman–Crippen MR) is 96.2 cm³/mol. The quantitative estimate of drug-likeness (QED) is 0.771. The number of aryl methyl sites for hydroxylation is 1. The van der Waals surface area contributed by atoms with Crippen LogP contribution in [-0.4, -0.2) is 11.8 Å². The molecule has 1 aromatic rings. The van der Waals surface area contributed by atoms with Gasteiger partial charge in [-0.15, -0.1) is 0 Å². The second kappa shape index (κ2) is 7.21. The molecular formula is C21H26F2N2O2. The Balaban J connectivity index is 1.22. The highest BCUT2D eigenvalue weighted by Gasteiger charge is 2.51. The first-order chi connectivity index (χ1) is 12.9. The molecule has 2 N–H and O–H groups in total. The van der Waals surface area contributed by atoms with Crippen molar-refractivity contribution >= 4 is 11.8 Å². The highest BCUT2D eigenvalue weighted by atomic mass is 19.2. The molecule has 1 aromatic carbocycles. The average Bonchev–Trinajstić information content (AvgIpc) is 2.59. The molecule has 4 aliphatic rings. The summed E-state index contributed by atoms with van der Waals surface area (Å²) in [5.41, 5.74) is 5.68. The monoisotopic (exact) mass is 376 g/mol. The molecule has 0 unspecified atom stereocenters. The fraction of sp³-hybridized carbons (Fsp3) is 0.619. The van der Waals surface area contributed by atoms with E-state index in [0.717, 1.165) is 49.1 Å². The molecule has 4 saturated carbocycles. The summed E-state index contributed by atoms with van der Waals surface area (Å²) in [6, 6.07) is 3.60. The van der Waals surface area contributed by atoms with Crippen LogP contribution >= 0.6 is 0 Å². The van der Waals surface area contributed by atoms with Crippen molar-refractivity contribution in [1.29, 1.82) is 0 Å². The maximum absolute atomic E-state index is 13.2. The lowest BCUT2D eigenvalue weighted by molar-refractivity contribution is -0.134. The van der Waals surface area contributed by atoms with Gasteiger partial charge in [-0.3, -0.25) is 20.4 Å². The average molecular weight is 376 g/mol. The Kier molecular flexibility index (Phi) is 4.91. The van der Waals surface area contributed by atoms with Crippen molar-refractivity contribution in [1.82, 2.24) is 10.9 Å². The van der Waals surface area contributed by atoms with Gasteiger partial charge in [0.25, 0.3) is 0 Å². The van der Waals surface area contributed by atoms with Crippen LogP contribution in [-0.2, 0) is 16.0 Å². The normalized spacial score (nSPS) is 31.0. The highest BCUT2D eigenvalue weighted by molar-refractivity contribution is 5.82. The fourth-order valence-electron chi connectivity index (χ4n) is 6.05. The molecule has 0 radical (unpaired) electrons. The third-order valence-corrected chi connectivity index (χ3v) is 6.67. The minimum absolute atomic E-state index is 0.0999. The van der Waals surface area contributed by atoms with Gasteiger partial charge < -0.3 is 0 Å². The van der Waals surface area contributed by atoms with Gasteiger partial charge in [-0.2, -0.15) is 0 Å². The van der Waals surface area contributed by atoms with Gasteiger partial charge in [0.1, 0.15) is 0 Å². The molecule has 0 aliphatic heterocycles. The zero-order valence-electron chi connectivity index (χ0n) is 15.4. The van der Waals surface area contributed by atoms with Crippen LogP contribution in [0.15, 0.2) is 18.2 Å². The van der Waals surface area contributed by atoms with Crippen LogP contribution in [0.4, 0.5) is 8.78 Å². The first-order valence-corrected chi connectivity index (χ1v) is 9.92. The molecule has 0 spiro atoms. The third kappa shape index (κ3) is 4.14. The maximum atomic E-state index is 13.2. The van der Waals surface area contributed by atoms with Crippen LogP contribution < -0.4 is 10.9 Å². The van der Waals surface area contributed by atoms with E-state index in [9.17, 15) is 18.4 Å². The molecule has 146 valence electrons. The number of halogens is 2. The minimum atomic E-state index is -0.920. The first-order valence-electron chi connectivity index (χ1n) is 9.92. The minimum Gasteiger partial charge on any atom is -0.273 e. The van der Waals surface area contributed by atoms with E-state index in [1.807, 2.05) is 0 Å². The number of amides is 2. The van der Waals surface area contributed by atoms with Crippen molar-refractivity contribution in [3.05, 3.63) is 35.4 Å². The summed E-state index contributed by atoms with van der Waals surface area (Å²) in [7, 11) is 0. The number of rotatable bonds is 5. The second-order valence-electron chi connectivity index (χ2n) is 8.94. The molecule has 0 saturated heterocycles. The van der Waals surface area contributed by atoms with E-state index in [4.69, 9.17) is 0 Å². The summed E-state index contributed by atoms with van der Waals surface area (Å²) < 4.78 is 26.1. The van der Waals surface area contributed by atoms with Crippen molar-refractivity contribution in [2.45, 2.75) is 57.8 Å². The van der Waals surface area contributed by atoms with Gasteiger partial charge in [-0.05, 0) is 85.8 Å². The van der Waals surface area contributed by atoms with Gasteiger partial charge in [-0.1, -0.05) is 6.07 Å². The molecule has 4 bridgehead atoms. The SMILES string of the molecule is O=C(CCc1ccc(F)c(F)c1)NNC(=O)CC12CC3CC(CC(C3)C1)C2. The molecule has 0 heterocycles. The maximum Gasteiger partial charge on any atom is 0.238 e. The molecule has 27 heavy (non-hydrogen) atoms. The Labute approximate surface area is 158 Å². The Morgan fingerprint density at radius 3 is 2.11 bits per heavy atom. The molecule has 2 amide bonds. The number of hydrazine groups is 1. The summed E-state index contributed by atoms with van der Waals surface area (Å²) in [4.78, 5) is 24.3. The van der Waals surface area contributed by atoms with Crippen LogP contribution in [0.2, 0.25) is 0 Å². The Bertz CT molecular complexity index is 714. The standard InChI is InChI=1S/C21H26F2N2O2/c22-17-3-1-13(8-18(17)23)2-4-19(26)24-25-20(27)12-21-9-14-5-15(10-21)7-16(6-14)11-21/h1,3,8,14-16H,2,4-7,9-12H2,(H,24,26)(H,25,27). The number of carbonyl (C=O) groups is 2. The van der Waals surface area contributed by atoms with Crippen molar-refractivity contribution in [2.75, 3.05) is 0 Å². The molecule has 5 rings (SSSR count). The van der Waals surface area contributed by atoms with Crippen LogP contribution in [0.1, 0.15) is 56.9 Å². The first kappa shape index (κ1) is 18.4. The van der Waals surface area contributed by atoms with Gasteiger partial charge in [0.15, 0.2) is 11.6 Å². The molecule has 4 nitrogen and oxygen atoms in total. The Morgan fingerprint density at radius 2 is 1.52 bits per heavy atom. The largest absolute Gasteiger partial charge is 0.273 e. The number of carbonyl (C=O) groups excluding carboxylic acids is 2. The number of hydrogen-bond donors (Lipinski definition) is 2. The summed E-state index contributed by atoms with van der Waals surface area (Å²) >= 11 is 0. The Hall–Kier alpha value is -1.98. The molecule has 4 fully saturated rings. The fourth-order valence-corrected chi connectivity index (χ4v) is 6.05. The van der Waals surface area contributed by atoms with Crippen molar-refractivity contribution in [2.24, 2.45) is 23.2 Å². The topological polar surface area (TPSA) is 58.2 Å². The van der Waals surface area contributed by atoms with Crippen LogP contribution in [0, 0.1) is 34.8 Å². The van der Waals surface area contributed by atoms with E-state index < -0.39 is 11.6 Å². The van der Waals surface area contributed by atoms with Crippen molar-refractivity contribution in [3.8, 4) is 0 Å². The summed E-state index contributed by atoms with van der Waals surface area (Å²) in [6.45, 7) is 0. The van der Waals surface area contributed by atoms with Gasteiger partial charge in [0.2, 0.25) is 11.8 Å². The lowest BCUT2D eigenvalue weighted by Gasteiger charge is -2.56. The van der Waals surface area contributed by atoms with Gasteiger partial charge >= 0.3 is 0 Å². The smallest absolute Gasteiger partial charge is 0.238 e. The lowest BCUT2D eigenvalue weighted by Crippen LogP contribution is -2.50. The summed E-state index contributed by atoms with van der Waals surface area (Å²) in [6.07, 6.45) is 8.32. The number of nitrogens with one attached hydrogen (secondary N) is 2. The van der Waals surface area contributed by atoms with Gasteiger partial charge in [0.05, 0.1) is 0 Å². The molecule has 0 aromatic heterocycles. The van der Waals surface area contributed by atoms with Gasteiger partial charge in [0, 0.05) is 12.8 Å². The molecular weight excluding hydrogens is 350 g/mol. The van der Waals surface area contributed by atoms with E-state index in [1.54, 1.807) is 0 Å². The lowest BCUT2D eigenvalue weighted by atomic mass is 9.49. The van der Waals surface area contributed by atoms with Crippen molar-refractivity contribution < 1.29 is 18.4 Å². The van der Waals surface area contributed by atoms with E-state index >= 15 is 0 Å². The van der Waals surface area contributed by atoms with E-state index in [-0.39, 0.29) is 30.1 Å². The zero-order chi connectivity index (χ0) is 19.0. The summed E-state index contributed by atoms with van der Waals surface area (Å²) in [5.74, 6) is 0.0767. The van der Waals surface area contributed by atoms with Gasteiger partial charge in [-0.25, -0.2) is 8.78 Å². The van der Waals surface area contributed by atoms with Crippen LogP contribution in [0.5, 0.6) is 0 Å². The van der Waals surface area contributed by atoms with Crippen LogP contribution in [0.3, 0.4) is 0 Å². The second-order valence-corrected chi connectivity index (χ2v) is 8.94. The van der Waals surface area contributed by atoms with Crippen LogP contribution in [0.25, 0.3) is 0 Å². The molecule has 6 heteroatoms. The highest BCUT2D eigenvalue weighted by Crippen LogP contribution is 2.61. The zero-order valence-corrected chi connectivity index (χ0v) is 15.4. The van der Waals surface area contributed by atoms with E-state index in [0.29, 0.717) is 12.0 Å². The molecule has 0 atom stereocenters. The van der Waals surface area contributed by atoms with E-state index in [2.05, 4.69) is 10.9 Å². The Morgan fingerprint density at radius 1 is 0.926 bits per heavy atom. The third-order valence-electron chi connectivity index (χ3n) is 6.67. The van der Waals surface area contributed by atoms with Crippen molar-refractivity contribution in [3.63, 3.8) is 0 Å². The molecule has 4 aliphatic carbocycles. The summed E-state index contributed by atoms with van der Waals surface area (Å²) in [5, 5.41) is 0. The van der Waals surface area contributed by atoms with E-state index in [1.165, 1.54) is 25.3 Å².